The summed E-state index contributed by atoms with van der Waals surface area (Å²) in [5.74, 6) is -0.156. The maximum Gasteiger partial charge on any atom is 0.305 e. The Kier molecular flexibility index (Phi) is 2.49. The SMILES string of the molecule is CNC1(CC(=O)O)CCN2CCC1C2. The number of fused-ring (bicyclic) bond motifs is 2. The smallest absolute Gasteiger partial charge is 0.305 e. The molecule has 2 bridgehead atoms. The van der Waals surface area contributed by atoms with Gasteiger partial charge in [0.25, 0.3) is 0 Å². The molecule has 0 aromatic rings. The molecule has 4 heteroatoms. The van der Waals surface area contributed by atoms with E-state index in [9.17, 15) is 4.79 Å². The van der Waals surface area contributed by atoms with Crippen molar-refractivity contribution in [1.82, 2.24) is 10.2 Å². The van der Waals surface area contributed by atoms with Crippen molar-refractivity contribution in [2.24, 2.45) is 5.92 Å². The van der Waals surface area contributed by atoms with Crippen molar-refractivity contribution in [3.63, 3.8) is 0 Å². The average Bonchev–Trinajstić information content (AvgIpc) is 2.55. The van der Waals surface area contributed by atoms with Crippen LogP contribution in [0, 0.1) is 5.92 Å². The summed E-state index contributed by atoms with van der Waals surface area (Å²) in [6.45, 7) is 3.27. The molecule has 2 N–H and O–H groups in total. The molecule has 3 unspecified atom stereocenters. The summed E-state index contributed by atoms with van der Waals surface area (Å²) in [7, 11) is 1.90. The summed E-state index contributed by atoms with van der Waals surface area (Å²) in [4.78, 5) is 13.3. The van der Waals surface area contributed by atoms with E-state index in [4.69, 9.17) is 5.11 Å². The second-order valence-electron chi connectivity index (χ2n) is 4.51. The van der Waals surface area contributed by atoms with Gasteiger partial charge >= 0.3 is 5.97 Å². The monoisotopic (exact) mass is 198 g/mol. The standard InChI is InChI=1S/C10H18N2O2/c1-11-10(6-9(13)14)3-5-12-4-2-8(10)7-12/h8,11H,2-7H2,1H3,(H,13,14). The van der Waals surface area contributed by atoms with Crippen LogP contribution in [-0.4, -0.2) is 48.2 Å². The predicted molar refractivity (Wildman–Crippen MR) is 53.2 cm³/mol. The van der Waals surface area contributed by atoms with Gasteiger partial charge in [-0.2, -0.15) is 0 Å². The number of hydrogen-bond acceptors (Lipinski definition) is 3. The number of nitrogens with one attached hydrogen (secondary N) is 1. The minimum absolute atomic E-state index is 0.140. The fourth-order valence-electron chi connectivity index (χ4n) is 2.97. The van der Waals surface area contributed by atoms with E-state index < -0.39 is 5.97 Å². The minimum atomic E-state index is -0.681. The van der Waals surface area contributed by atoms with Crippen molar-refractivity contribution in [3.8, 4) is 0 Å². The van der Waals surface area contributed by atoms with Crippen LogP contribution in [0.1, 0.15) is 19.3 Å². The summed E-state index contributed by atoms with van der Waals surface area (Å²) >= 11 is 0. The van der Waals surface area contributed by atoms with Crippen LogP contribution < -0.4 is 5.32 Å². The molecule has 2 heterocycles. The number of carboxylic acids is 1. The lowest BCUT2D eigenvalue weighted by molar-refractivity contribution is -0.139. The van der Waals surface area contributed by atoms with Gasteiger partial charge in [0, 0.05) is 12.1 Å². The van der Waals surface area contributed by atoms with E-state index in [0.717, 1.165) is 32.5 Å². The van der Waals surface area contributed by atoms with Crippen LogP contribution in [0.5, 0.6) is 0 Å². The number of nitrogens with zero attached hydrogens (tertiary/aromatic N) is 1. The molecule has 2 aliphatic rings. The van der Waals surface area contributed by atoms with Gasteiger partial charge in [-0.1, -0.05) is 0 Å². The lowest BCUT2D eigenvalue weighted by Crippen LogP contribution is -2.56. The van der Waals surface area contributed by atoms with Crippen LogP contribution in [0.4, 0.5) is 0 Å². The van der Waals surface area contributed by atoms with Gasteiger partial charge in [0.15, 0.2) is 0 Å². The first kappa shape index (κ1) is 9.93. The Morgan fingerprint density at radius 2 is 2.43 bits per heavy atom. The van der Waals surface area contributed by atoms with E-state index in [0.29, 0.717) is 5.92 Å². The van der Waals surface area contributed by atoms with E-state index in [1.165, 1.54) is 0 Å². The molecule has 2 saturated heterocycles. The van der Waals surface area contributed by atoms with Crippen molar-refractivity contribution >= 4 is 5.97 Å². The summed E-state index contributed by atoms with van der Waals surface area (Å²) in [6, 6.07) is 0. The Morgan fingerprint density at radius 3 is 3.07 bits per heavy atom. The molecule has 0 aromatic heterocycles. The first-order valence-corrected chi connectivity index (χ1v) is 5.29. The Hall–Kier alpha value is -0.610. The van der Waals surface area contributed by atoms with E-state index >= 15 is 0 Å². The van der Waals surface area contributed by atoms with Gasteiger partial charge in [-0.05, 0) is 38.9 Å². The number of aliphatic carboxylic acids is 1. The third-order valence-corrected chi connectivity index (χ3v) is 3.89. The summed E-state index contributed by atoms with van der Waals surface area (Å²) < 4.78 is 0. The fourth-order valence-corrected chi connectivity index (χ4v) is 2.97. The Labute approximate surface area is 84.3 Å². The average molecular weight is 198 g/mol. The van der Waals surface area contributed by atoms with Crippen molar-refractivity contribution in [1.29, 1.82) is 0 Å². The second-order valence-corrected chi connectivity index (χ2v) is 4.51. The lowest BCUT2D eigenvalue weighted by Gasteiger charge is -2.42. The van der Waals surface area contributed by atoms with Gasteiger partial charge in [-0.15, -0.1) is 0 Å². The summed E-state index contributed by atoms with van der Waals surface area (Å²) in [5, 5.41) is 12.2. The van der Waals surface area contributed by atoms with Gasteiger partial charge in [0.05, 0.1) is 6.42 Å². The number of hydrogen-bond donors (Lipinski definition) is 2. The lowest BCUT2D eigenvalue weighted by atomic mass is 9.76. The number of carboxylic acid groups (broad SMARTS) is 1. The quantitative estimate of drug-likeness (QED) is 0.677. The van der Waals surface area contributed by atoms with Crippen LogP contribution in [-0.2, 0) is 4.79 Å². The van der Waals surface area contributed by atoms with Crippen LogP contribution in [0.2, 0.25) is 0 Å². The minimum Gasteiger partial charge on any atom is -0.481 e. The van der Waals surface area contributed by atoms with Crippen molar-refractivity contribution < 1.29 is 9.90 Å². The summed E-state index contributed by atoms with van der Waals surface area (Å²) in [5.41, 5.74) is -0.140. The molecule has 80 valence electrons. The van der Waals surface area contributed by atoms with Gasteiger partial charge in [-0.3, -0.25) is 4.79 Å². The molecule has 0 aliphatic carbocycles. The highest BCUT2D eigenvalue weighted by Gasteiger charge is 2.46. The fraction of sp³-hybridized carbons (Fsp3) is 0.900. The maximum atomic E-state index is 10.9. The van der Waals surface area contributed by atoms with E-state index in [2.05, 4.69) is 10.2 Å². The zero-order valence-electron chi connectivity index (χ0n) is 8.62. The largest absolute Gasteiger partial charge is 0.481 e. The van der Waals surface area contributed by atoms with Crippen LogP contribution in [0.3, 0.4) is 0 Å². The van der Waals surface area contributed by atoms with Crippen molar-refractivity contribution in [2.45, 2.75) is 24.8 Å². The molecule has 14 heavy (non-hydrogen) atoms. The Bertz CT molecular complexity index is 244. The molecular formula is C10H18N2O2. The van der Waals surface area contributed by atoms with Gasteiger partial charge in [-0.25, -0.2) is 0 Å². The molecule has 3 atom stereocenters. The van der Waals surface area contributed by atoms with Crippen LogP contribution in [0.25, 0.3) is 0 Å². The molecule has 0 aromatic carbocycles. The van der Waals surface area contributed by atoms with Crippen molar-refractivity contribution in [2.75, 3.05) is 26.7 Å². The van der Waals surface area contributed by atoms with E-state index in [-0.39, 0.29) is 12.0 Å². The van der Waals surface area contributed by atoms with Gasteiger partial charge in [0.2, 0.25) is 0 Å². The maximum absolute atomic E-state index is 10.9. The topological polar surface area (TPSA) is 52.6 Å². The first-order valence-electron chi connectivity index (χ1n) is 5.29. The third kappa shape index (κ3) is 1.53. The predicted octanol–water partition coefficient (Wildman–Crippen LogP) is 0.145. The molecule has 2 fully saturated rings. The Balaban J connectivity index is 2.13. The van der Waals surface area contributed by atoms with Crippen LogP contribution >= 0.6 is 0 Å². The number of rotatable bonds is 3. The van der Waals surface area contributed by atoms with Gasteiger partial charge in [0.1, 0.15) is 0 Å². The molecule has 0 amide bonds. The zero-order chi connectivity index (χ0) is 10.2. The first-order chi connectivity index (χ1) is 6.66. The molecule has 2 rings (SSSR count). The molecule has 0 radical (unpaired) electrons. The highest BCUT2D eigenvalue weighted by atomic mass is 16.4. The highest BCUT2D eigenvalue weighted by molar-refractivity contribution is 5.68. The molecular weight excluding hydrogens is 180 g/mol. The molecule has 2 aliphatic heterocycles. The molecule has 0 spiro atoms. The third-order valence-electron chi connectivity index (χ3n) is 3.89. The Morgan fingerprint density at radius 1 is 1.64 bits per heavy atom. The van der Waals surface area contributed by atoms with E-state index in [1.54, 1.807) is 0 Å². The summed E-state index contributed by atoms with van der Waals surface area (Å²) in [6.07, 6.45) is 2.39. The number of carbonyl (C=O) groups is 1. The zero-order valence-corrected chi connectivity index (χ0v) is 8.62. The second kappa shape index (κ2) is 3.51. The van der Waals surface area contributed by atoms with Crippen molar-refractivity contribution in [3.05, 3.63) is 0 Å². The highest BCUT2D eigenvalue weighted by Crippen LogP contribution is 2.37. The van der Waals surface area contributed by atoms with Gasteiger partial charge < -0.3 is 15.3 Å². The number of piperidine rings is 1. The van der Waals surface area contributed by atoms with Crippen LogP contribution in [0.15, 0.2) is 0 Å². The normalized spacial score (nSPS) is 41.2. The molecule has 0 saturated carbocycles. The van der Waals surface area contributed by atoms with E-state index in [1.807, 2.05) is 7.05 Å². The molecule has 4 nitrogen and oxygen atoms in total.